The van der Waals surface area contributed by atoms with Crippen LogP contribution >= 0.6 is 23.2 Å². The SMILES string of the molecule is Cc1cccc(CN2C[C@@H](c3ccc(C#N)cc3)[C@]3(C2)C(=O)N(c2cc(Cl)cc(Cl)c2)C(=O)N3C)n1. The normalized spacial score (nSPS) is 22.0. The molecule has 2 fully saturated rings. The van der Waals surface area contributed by atoms with Gasteiger partial charge in [0.05, 0.1) is 23.0 Å². The maximum atomic E-state index is 14.2. The molecule has 2 saturated heterocycles. The number of hydrogen-bond donors (Lipinski definition) is 0. The molecular weight excluding hydrogens is 497 g/mol. The molecule has 0 bridgehead atoms. The minimum atomic E-state index is -1.15. The van der Waals surface area contributed by atoms with Crippen LogP contribution in [0.2, 0.25) is 10.0 Å². The van der Waals surface area contributed by atoms with Crippen molar-refractivity contribution in [3.8, 4) is 6.07 Å². The smallest absolute Gasteiger partial charge is 0.310 e. The van der Waals surface area contributed by atoms with E-state index in [1.54, 1.807) is 37.4 Å². The van der Waals surface area contributed by atoms with Gasteiger partial charge in [-0.2, -0.15) is 5.26 Å². The molecular formula is C27H23Cl2N5O2. The van der Waals surface area contributed by atoms with Gasteiger partial charge in [0.1, 0.15) is 5.54 Å². The number of likely N-dealkylation sites (tertiary alicyclic amines) is 1. The highest BCUT2D eigenvalue weighted by Gasteiger charge is 2.64. The average Bonchev–Trinajstić information content (AvgIpc) is 3.30. The zero-order chi connectivity index (χ0) is 25.6. The van der Waals surface area contributed by atoms with Crippen molar-refractivity contribution in [1.82, 2.24) is 14.8 Å². The molecule has 36 heavy (non-hydrogen) atoms. The lowest BCUT2D eigenvalue weighted by molar-refractivity contribution is -0.124. The summed E-state index contributed by atoms with van der Waals surface area (Å²) in [7, 11) is 1.66. The molecule has 0 unspecified atom stereocenters. The highest BCUT2D eigenvalue weighted by Crippen LogP contribution is 2.46. The fourth-order valence-corrected chi connectivity index (χ4v) is 5.84. The second-order valence-corrected chi connectivity index (χ2v) is 10.1. The number of carbonyl (C=O) groups is 2. The zero-order valence-electron chi connectivity index (χ0n) is 19.8. The van der Waals surface area contributed by atoms with Crippen molar-refractivity contribution in [3.05, 3.63) is 93.2 Å². The number of halogens is 2. The number of pyridine rings is 1. The van der Waals surface area contributed by atoms with Crippen LogP contribution in [0.5, 0.6) is 0 Å². The molecule has 5 rings (SSSR count). The topological polar surface area (TPSA) is 80.5 Å². The number of aryl methyl sites for hydroxylation is 1. The van der Waals surface area contributed by atoms with Gasteiger partial charge in [-0.05, 0) is 55.0 Å². The molecule has 1 spiro atoms. The highest BCUT2D eigenvalue weighted by molar-refractivity contribution is 6.35. The van der Waals surface area contributed by atoms with E-state index in [0.717, 1.165) is 17.0 Å². The summed E-state index contributed by atoms with van der Waals surface area (Å²) in [6.07, 6.45) is 0. The van der Waals surface area contributed by atoms with Crippen molar-refractivity contribution in [3.63, 3.8) is 0 Å². The molecule has 0 N–H and O–H groups in total. The van der Waals surface area contributed by atoms with E-state index >= 15 is 0 Å². The summed E-state index contributed by atoms with van der Waals surface area (Å²) in [5, 5.41) is 9.93. The van der Waals surface area contributed by atoms with Crippen molar-refractivity contribution >= 4 is 40.8 Å². The van der Waals surface area contributed by atoms with E-state index in [9.17, 15) is 14.9 Å². The summed E-state index contributed by atoms with van der Waals surface area (Å²) in [6, 6.07) is 19.5. The second-order valence-electron chi connectivity index (χ2n) is 9.26. The number of rotatable bonds is 4. The van der Waals surface area contributed by atoms with Crippen LogP contribution in [-0.4, -0.2) is 52.4 Å². The first-order chi connectivity index (χ1) is 17.2. The summed E-state index contributed by atoms with van der Waals surface area (Å²) in [5.74, 6) is -0.654. The fourth-order valence-electron chi connectivity index (χ4n) is 5.33. The molecule has 2 aromatic carbocycles. The first-order valence-corrected chi connectivity index (χ1v) is 12.2. The Hall–Kier alpha value is -3.44. The minimum Gasteiger partial charge on any atom is -0.310 e. The number of imide groups is 1. The number of benzene rings is 2. The van der Waals surface area contributed by atoms with Gasteiger partial charge in [0.15, 0.2) is 0 Å². The number of hydrogen-bond acceptors (Lipinski definition) is 5. The molecule has 1 aromatic heterocycles. The van der Waals surface area contributed by atoms with Gasteiger partial charge in [0.2, 0.25) is 0 Å². The molecule has 2 aliphatic heterocycles. The van der Waals surface area contributed by atoms with Crippen LogP contribution < -0.4 is 4.90 Å². The number of nitrogens with zero attached hydrogens (tertiary/aromatic N) is 5. The molecule has 182 valence electrons. The van der Waals surface area contributed by atoms with Crippen LogP contribution in [0.4, 0.5) is 10.5 Å². The predicted molar refractivity (Wildman–Crippen MR) is 138 cm³/mol. The third kappa shape index (κ3) is 4.01. The first-order valence-electron chi connectivity index (χ1n) is 11.5. The van der Waals surface area contributed by atoms with Gasteiger partial charge in [-0.25, -0.2) is 9.69 Å². The molecule has 0 saturated carbocycles. The van der Waals surface area contributed by atoms with E-state index in [4.69, 9.17) is 23.2 Å². The minimum absolute atomic E-state index is 0.323. The molecule has 3 amide bonds. The van der Waals surface area contributed by atoms with Crippen LogP contribution in [0, 0.1) is 18.3 Å². The molecule has 2 aliphatic rings. The standard InChI is InChI=1S/C27H23Cl2N5O2/c1-17-4-3-5-22(31-17)14-33-15-24(19-8-6-18(13-30)7-9-19)27(16-33)25(35)34(26(36)32(27)2)23-11-20(28)10-21(29)12-23/h3-12,24H,14-16H2,1-2H3/t24-,27+/m0/s1. The Labute approximate surface area is 219 Å². The van der Waals surface area contributed by atoms with E-state index in [2.05, 4.69) is 16.0 Å². The summed E-state index contributed by atoms with van der Waals surface area (Å²) in [4.78, 5) is 37.3. The van der Waals surface area contributed by atoms with Gasteiger partial charge in [-0.1, -0.05) is 41.4 Å². The summed E-state index contributed by atoms with van der Waals surface area (Å²) in [5.41, 5.74) is 2.41. The lowest BCUT2D eigenvalue weighted by atomic mass is 9.80. The molecule has 0 aliphatic carbocycles. The predicted octanol–water partition coefficient (Wildman–Crippen LogP) is 5.01. The van der Waals surface area contributed by atoms with Gasteiger partial charge < -0.3 is 4.90 Å². The van der Waals surface area contributed by atoms with Crippen LogP contribution in [0.15, 0.2) is 60.7 Å². The van der Waals surface area contributed by atoms with E-state index in [0.29, 0.717) is 40.9 Å². The Morgan fingerprint density at radius 2 is 1.78 bits per heavy atom. The molecule has 7 nitrogen and oxygen atoms in total. The van der Waals surface area contributed by atoms with E-state index in [1.807, 2.05) is 37.3 Å². The van der Waals surface area contributed by atoms with Crippen LogP contribution in [0.3, 0.4) is 0 Å². The number of anilines is 1. The van der Waals surface area contributed by atoms with Crippen LogP contribution in [-0.2, 0) is 11.3 Å². The number of likely N-dealkylation sites (N-methyl/N-ethyl adjacent to an activating group) is 1. The lowest BCUT2D eigenvalue weighted by Crippen LogP contribution is -2.53. The number of carbonyl (C=O) groups excluding carboxylic acids is 2. The molecule has 2 atom stereocenters. The maximum Gasteiger partial charge on any atom is 0.332 e. The number of urea groups is 1. The Morgan fingerprint density at radius 1 is 1.08 bits per heavy atom. The Morgan fingerprint density at radius 3 is 2.42 bits per heavy atom. The Kier molecular flexibility index (Phi) is 6.21. The number of aromatic nitrogens is 1. The molecule has 0 radical (unpaired) electrons. The zero-order valence-corrected chi connectivity index (χ0v) is 21.3. The van der Waals surface area contributed by atoms with E-state index in [-0.39, 0.29) is 11.8 Å². The van der Waals surface area contributed by atoms with Crippen molar-refractivity contribution in [2.75, 3.05) is 25.0 Å². The molecule has 3 heterocycles. The van der Waals surface area contributed by atoms with Gasteiger partial charge in [0.25, 0.3) is 5.91 Å². The van der Waals surface area contributed by atoms with Crippen molar-refractivity contribution in [2.45, 2.75) is 24.9 Å². The van der Waals surface area contributed by atoms with Gasteiger partial charge >= 0.3 is 6.03 Å². The van der Waals surface area contributed by atoms with E-state index in [1.165, 1.54) is 9.80 Å². The Balaban J connectivity index is 1.58. The quantitative estimate of drug-likeness (QED) is 0.452. The maximum absolute atomic E-state index is 14.2. The molecule has 3 aromatic rings. The molecule has 9 heteroatoms. The largest absolute Gasteiger partial charge is 0.332 e. The van der Waals surface area contributed by atoms with Crippen molar-refractivity contribution in [1.29, 1.82) is 5.26 Å². The Bertz CT molecular complexity index is 1380. The average molecular weight is 520 g/mol. The summed E-state index contributed by atoms with van der Waals surface area (Å²) in [6.45, 7) is 3.35. The van der Waals surface area contributed by atoms with Gasteiger partial charge in [-0.3, -0.25) is 14.7 Å². The lowest BCUT2D eigenvalue weighted by Gasteiger charge is -2.34. The third-order valence-electron chi connectivity index (χ3n) is 7.01. The summed E-state index contributed by atoms with van der Waals surface area (Å²) >= 11 is 12.4. The number of amides is 3. The fraction of sp³-hybridized carbons (Fsp3) is 0.259. The third-order valence-corrected chi connectivity index (χ3v) is 7.45. The highest BCUT2D eigenvalue weighted by atomic mass is 35.5. The van der Waals surface area contributed by atoms with Gasteiger partial charge in [0, 0.05) is 48.3 Å². The summed E-state index contributed by atoms with van der Waals surface area (Å²) < 4.78 is 0. The first kappa shape index (κ1) is 24.3. The van der Waals surface area contributed by atoms with Crippen molar-refractivity contribution < 1.29 is 9.59 Å². The number of nitriles is 1. The van der Waals surface area contributed by atoms with Crippen LogP contribution in [0.1, 0.15) is 28.4 Å². The van der Waals surface area contributed by atoms with Crippen molar-refractivity contribution in [2.24, 2.45) is 0 Å². The van der Waals surface area contributed by atoms with E-state index < -0.39 is 11.6 Å². The monoisotopic (exact) mass is 519 g/mol. The van der Waals surface area contributed by atoms with Crippen LogP contribution in [0.25, 0.3) is 0 Å². The second kappa shape index (κ2) is 9.21. The van der Waals surface area contributed by atoms with Gasteiger partial charge in [-0.15, -0.1) is 0 Å².